The molecule has 1 heterocycles. The molecule has 3 aromatic rings. The summed E-state index contributed by atoms with van der Waals surface area (Å²) >= 11 is 3.34. The lowest BCUT2D eigenvalue weighted by atomic mass is 10.1. The second-order valence-electron chi connectivity index (χ2n) is 4.71. The number of hydrogen-bond donors (Lipinski definition) is 1. The number of carbonyl (C=O) groups is 1. The van der Waals surface area contributed by atoms with Crippen LogP contribution in [0, 0.1) is 0 Å². The molecule has 0 bridgehead atoms. The first kappa shape index (κ1) is 14.8. The van der Waals surface area contributed by atoms with Crippen LogP contribution in [0.25, 0.3) is 11.3 Å². The van der Waals surface area contributed by atoms with Gasteiger partial charge in [-0.1, -0.05) is 54.2 Å². The number of primary amides is 1. The van der Waals surface area contributed by atoms with Gasteiger partial charge >= 0.3 is 0 Å². The molecule has 0 atom stereocenters. The van der Waals surface area contributed by atoms with Gasteiger partial charge in [0, 0.05) is 22.3 Å². The summed E-state index contributed by atoms with van der Waals surface area (Å²) in [4.78, 5) is 15.7. The van der Waals surface area contributed by atoms with Crippen LogP contribution in [-0.2, 0) is 5.75 Å². The highest BCUT2D eigenvalue weighted by molar-refractivity contribution is 8.00. The first-order valence-corrected chi connectivity index (χ1v) is 8.61. The number of hydrogen-bond acceptors (Lipinski definition) is 4. The Morgan fingerprint density at radius 3 is 2.50 bits per heavy atom. The maximum absolute atomic E-state index is 11.0. The van der Waals surface area contributed by atoms with Crippen LogP contribution < -0.4 is 5.73 Å². The van der Waals surface area contributed by atoms with E-state index in [1.807, 2.05) is 30.3 Å². The highest BCUT2D eigenvalue weighted by Gasteiger charge is 2.06. The fourth-order valence-corrected chi connectivity index (χ4v) is 3.77. The summed E-state index contributed by atoms with van der Waals surface area (Å²) < 4.78 is 1.04. The zero-order chi connectivity index (χ0) is 15.4. The maximum atomic E-state index is 11.0. The Balaban J connectivity index is 1.65. The Hall–Kier alpha value is -2.11. The minimum atomic E-state index is -0.397. The van der Waals surface area contributed by atoms with Crippen molar-refractivity contribution in [2.45, 2.75) is 10.1 Å². The summed E-state index contributed by atoms with van der Waals surface area (Å²) in [7, 11) is 0. The SMILES string of the molecule is NC(=O)c1ccc(CSc2nc(-c3ccccc3)cs2)cc1. The van der Waals surface area contributed by atoms with Gasteiger partial charge in [-0.05, 0) is 17.7 Å². The largest absolute Gasteiger partial charge is 0.366 e. The van der Waals surface area contributed by atoms with Crippen LogP contribution in [0.4, 0.5) is 0 Å². The lowest BCUT2D eigenvalue weighted by Crippen LogP contribution is -2.10. The minimum absolute atomic E-state index is 0.397. The zero-order valence-electron chi connectivity index (χ0n) is 11.7. The number of aromatic nitrogens is 1. The molecule has 0 fully saturated rings. The van der Waals surface area contributed by atoms with Gasteiger partial charge in [0.25, 0.3) is 0 Å². The number of thiazole rings is 1. The van der Waals surface area contributed by atoms with E-state index in [-0.39, 0.29) is 0 Å². The van der Waals surface area contributed by atoms with Gasteiger partial charge in [-0.2, -0.15) is 0 Å². The molecule has 22 heavy (non-hydrogen) atoms. The molecule has 1 aromatic heterocycles. The first-order valence-electron chi connectivity index (χ1n) is 6.75. The fraction of sp³-hybridized carbons (Fsp3) is 0.0588. The van der Waals surface area contributed by atoms with Crippen molar-refractivity contribution in [2.75, 3.05) is 0 Å². The van der Waals surface area contributed by atoms with Crippen molar-refractivity contribution in [3.8, 4) is 11.3 Å². The van der Waals surface area contributed by atoms with E-state index < -0.39 is 5.91 Å². The summed E-state index contributed by atoms with van der Waals surface area (Å²) in [5.41, 5.74) is 9.06. The van der Waals surface area contributed by atoms with E-state index in [0.29, 0.717) is 5.56 Å². The molecule has 5 heteroatoms. The van der Waals surface area contributed by atoms with Gasteiger partial charge in [0.1, 0.15) is 0 Å². The molecule has 0 aliphatic carbocycles. The van der Waals surface area contributed by atoms with E-state index in [0.717, 1.165) is 26.9 Å². The molecular weight excluding hydrogens is 312 g/mol. The molecule has 0 saturated carbocycles. The lowest BCUT2D eigenvalue weighted by Gasteiger charge is -2.00. The van der Waals surface area contributed by atoms with Crippen molar-refractivity contribution in [1.29, 1.82) is 0 Å². The van der Waals surface area contributed by atoms with Gasteiger partial charge in [0.2, 0.25) is 5.91 Å². The Bertz CT molecular complexity index is 767. The van der Waals surface area contributed by atoms with Crippen LogP contribution in [0.3, 0.4) is 0 Å². The molecule has 0 saturated heterocycles. The van der Waals surface area contributed by atoms with Gasteiger partial charge in [0.15, 0.2) is 4.34 Å². The topological polar surface area (TPSA) is 56.0 Å². The quantitative estimate of drug-likeness (QED) is 0.715. The first-order chi connectivity index (χ1) is 10.7. The van der Waals surface area contributed by atoms with E-state index in [9.17, 15) is 4.79 Å². The van der Waals surface area contributed by atoms with Gasteiger partial charge in [-0.25, -0.2) is 4.98 Å². The third-order valence-electron chi connectivity index (χ3n) is 3.15. The maximum Gasteiger partial charge on any atom is 0.248 e. The number of nitrogens with zero attached hydrogens (tertiary/aromatic N) is 1. The summed E-state index contributed by atoms with van der Waals surface area (Å²) in [6.07, 6.45) is 0. The molecule has 0 spiro atoms. The van der Waals surface area contributed by atoms with Crippen molar-refractivity contribution in [3.63, 3.8) is 0 Å². The molecule has 1 amide bonds. The average molecular weight is 326 g/mol. The Labute approximate surface area is 137 Å². The normalized spacial score (nSPS) is 10.5. The van der Waals surface area contributed by atoms with Crippen molar-refractivity contribution >= 4 is 29.0 Å². The number of amides is 1. The molecule has 0 aliphatic rings. The molecule has 3 rings (SSSR count). The Morgan fingerprint density at radius 1 is 1.09 bits per heavy atom. The Kier molecular flexibility index (Phi) is 4.56. The van der Waals surface area contributed by atoms with Gasteiger partial charge in [0.05, 0.1) is 5.69 Å². The molecule has 2 aromatic carbocycles. The van der Waals surface area contributed by atoms with Crippen molar-refractivity contribution in [3.05, 3.63) is 71.1 Å². The van der Waals surface area contributed by atoms with E-state index in [1.165, 1.54) is 0 Å². The summed E-state index contributed by atoms with van der Waals surface area (Å²) in [5, 5.41) is 2.08. The second-order valence-corrected chi connectivity index (χ2v) is 6.80. The van der Waals surface area contributed by atoms with E-state index >= 15 is 0 Å². The van der Waals surface area contributed by atoms with Crippen molar-refractivity contribution in [2.24, 2.45) is 5.73 Å². The van der Waals surface area contributed by atoms with Gasteiger partial charge in [-0.15, -0.1) is 11.3 Å². The van der Waals surface area contributed by atoms with Crippen LogP contribution in [0.15, 0.2) is 64.3 Å². The molecular formula is C17H14N2OS2. The van der Waals surface area contributed by atoms with Crippen LogP contribution in [0.2, 0.25) is 0 Å². The molecule has 2 N–H and O–H groups in total. The van der Waals surface area contributed by atoms with Crippen LogP contribution in [0.1, 0.15) is 15.9 Å². The number of rotatable bonds is 5. The zero-order valence-corrected chi connectivity index (χ0v) is 13.4. The highest BCUT2D eigenvalue weighted by atomic mass is 32.2. The molecule has 110 valence electrons. The summed E-state index contributed by atoms with van der Waals surface area (Å²) in [6.45, 7) is 0. The number of thioether (sulfide) groups is 1. The van der Waals surface area contributed by atoms with Crippen molar-refractivity contribution in [1.82, 2.24) is 4.98 Å². The smallest absolute Gasteiger partial charge is 0.248 e. The van der Waals surface area contributed by atoms with Crippen LogP contribution in [0.5, 0.6) is 0 Å². The Morgan fingerprint density at radius 2 is 1.82 bits per heavy atom. The van der Waals surface area contributed by atoms with Gasteiger partial charge < -0.3 is 5.73 Å². The summed E-state index contributed by atoms with van der Waals surface area (Å²) in [5.74, 6) is 0.424. The third-order valence-corrected chi connectivity index (χ3v) is 5.25. The van der Waals surface area contributed by atoms with Crippen LogP contribution >= 0.6 is 23.1 Å². The van der Waals surface area contributed by atoms with E-state index in [4.69, 9.17) is 5.73 Å². The lowest BCUT2D eigenvalue weighted by molar-refractivity contribution is 0.100. The molecule has 3 nitrogen and oxygen atoms in total. The van der Waals surface area contributed by atoms with Gasteiger partial charge in [-0.3, -0.25) is 4.79 Å². The number of carbonyl (C=O) groups excluding carboxylic acids is 1. The summed E-state index contributed by atoms with van der Waals surface area (Å²) in [6, 6.07) is 17.5. The van der Waals surface area contributed by atoms with E-state index in [1.54, 1.807) is 35.2 Å². The molecule has 0 radical (unpaired) electrons. The number of benzene rings is 2. The minimum Gasteiger partial charge on any atom is -0.366 e. The highest BCUT2D eigenvalue weighted by Crippen LogP contribution is 2.30. The van der Waals surface area contributed by atoms with Crippen LogP contribution in [-0.4, -0.2) is 10.9 Å². The fourth-order valence-electron chi connectivity index (χ4n) is 1.98. The average Bonchev–Trinajstić information content (AvgIpc) is 3.03. The monoisotopic (exact) mass is 326 g/mol. The standard InChI is InChI=1S/C17H14N2OS2/c18-16(20)14-8-6-12(7-9-14)10-21-17-19-15(11-22-17)13-4-2-1-3-5-13/h1-9,11H,10H2,(H2,18,20). The predicted molar refractivity (Wildman–Crippen MR) is 92.1 cm³/mol. The predicted octanol–water partition coefficient (Wildman–Crippen LogP) is 4.20. The van der Waals surface area contributed by atoms with Crippen molar-refractivity contribution < 1.29 is 4.79 Å². The molecule has 0 unspecified atom stereocenters. The van der Waals surface area contributed by atoms with E-state index in [2.05, 4.69) is 22.5 Å². The number of nitrogens with two attached hydrogens (primary N) is 1. The molecule has 0 aliphatic heterocycles. The third kappa shape index (κ3) is 3.55. The second kappa shape index (κ2) is 6.77.